The van der Waals surface area contributed by atoms with Crippen molar-refractivity contribution in [3.8, 4) is 0 Å². The quantitative estimate of drug-likeness (QED) is 0.729. The van der Waals surface area contributed by atoms with Crippen LogP contribution in [0.15, 0.2) is 35.3 Å². The molecule has 0 bridgehead atoms. The van der Waals surface area contributed by atoms with Crippen LogP contribution in [0.2, 0.25) is 0 Å². The first kappa shape index (κ1) is 16.8. The Morgan fingerprint density at radius 1 is 1.41 bits per heavy atom. The van der Waals surface area contributed by atoms with Crippen molar-refractivity contribution in [2.45, 2.75) is 38.3 Å². The lowest BCUT2D eigenvalue weighted by Gasteiger charge is -2.29. The fourth-order valence-electron chi connectivity index (χ4n) is 4.27. The third-order valence-corrected chi connectivity index (χ3v) is 6.58. The Hall–Kier alpha value is -2.32. The van der Waals surface area contributed by atoms with Crippen LogP contribution < -0.4 is 5.32 Å². The van der Waals surface area contributed by atoms with Crippen molar-refractivity contribution in [2.75, 3.05) is 13.1 Å². The van der Waals surface area contributed by atoms with E-state index >= 15 is 0 Å². The summed E-state index contributed by atoms with van der Waals surface area (Å²) in [7, 11) is 0. The van der Waals surface area contributed by atoms with Crippen LogP contribution in [0.25, 0.3) is 5.78 Å². The molecule has 5 rings (SSSR count). The first-order valence-electron chi connectivity index (χ1n) is 9.41. The number of rotatable bonds is 5. The number of piperidine rings is 1. The fourth-order valence-corrected chi connectivity index (χ4v) is 4.93. The van der Waals surface area contributed by atoms with Crippen LogP contribution in [0, 0.1) is 5.41 Å². The number of fused-ring (bicyclic) bond motifs is 1. The monoisotopic (exact) mass is 382 g/mol. The molecule has 1 atom stereocenters. The molecule has 8 heteroatoms. The predicted molar refractivity (Wildman–Crippen MR) is 102 cm³/mol. The molecule has 2 fully saturated rings. The fraction of sp³-hybridized carbons (Fsp3) is 0.474. The SMILES string of the molecule is O=C(Cc1nc2ncccn2n1)N(Cc1ccsc1)C1CC12CCNCC2. The summed E-state index contributed by atoms with van der Waals surface area (Å²) in [6.07, 6.45) is 7.13. The lowest BCUT2D eigenvalue weighted by molar-refractivity contribution is -0.132. The van der Waals surface area contributed by atoms with Gasteiger partial charge in [-0.15, -0.1) is 5.10 Å². The van der Waals surface area contributed by atoms with Crippen LogP contribution in [-0.2, 0) is 17.8 Å². The maximum Gasteiger partial charge on any atom is 0.252 e. The minimum Gasteiger partial charge on any atom is -0.334 e. The summed E-state index contributed by atoms with van der Waals surface area (Å²) in [5.74, 6) is 1.18. The molecule has 1 amide bonds. The van der Waals surface area contributed by atoms with Crippen molar-refractivity contribution in [3.05, 3.63) is 46.7 Å². The standard InChI is InChI=1S/C19H22N6OS/c26-17(10-16-22-18-21-5-1-8-25(18)23-16)24(12-14-2-9-27-13-14)15-11-19(15)3-6-20-7-4-19/h1-2,5,8-9,13,15,20H,3-4,6-7,10-12H2. The molecule has 1 spiro atoms. The average molecular weight is 382 g/mol. The molecule has 7 nitrogen and oxygen atoms in total. The number of thiophene rings is 1. The van der Waals surface area contributed by atoms with Gasteiger partial charge in [-0.1, -0.05) is 0 Å². The van der Waals surface area contributed by atoms with Crippen LogP contribution in [0.4, 0.5) is 0 Å². The van der Waals surface area contributed by atoms with Gasteiger partial charge in [0.05, 0.1) is 6.42 Å². The van der Waals surface area contributed by atoms with E-state index in [-0.39, 0.29) is 12.3 Å². The Morgan fingerprint density at radius 3 is 3.07 bits per heavy atom. The van der Waals surface area contributed by atoms with E-state index in [0.717, 1.165) is 32.4 Å². The molecule has 1 N–H and O–H groups in total. The van der Waals surface area contributed by atoms with Crippen molar-refractivity contribution in [3.63, 3.8) is 0 Å². The van der Waals surface area contributed by atoms with Gasteiger partial charge in [-0.05, 0) is 66.2 Å². The van der Waals surface area contributed by atoms with Gasteiger partial charge in [-0.3, -0.25) is 4.79 Å². The summed E-state index contributed by atoms with van der Waals surface area (Å²) >= 11 is 1.68. The van der Waals surface area contributed by atoms with E-state index in [0.29, 0.717) is 29.6 Å². The van der Waals surface area contributed by atoms with Crippen LogP contribution in [0.5, 0.6) is 0 Å². The van der Waals surface area contributed by atoms with Crippen LogP contribution in [0.1, 0.15) is 30.7 Å². The summed E-state index contributed by atoms with van der Waals surface area (Å²) < 4.78 is 1.62. The number of nitrogens with zero attached hydrogens (tertiary/aromatic N) is 5. The van der Waals surface area contributed by atoms with Crippen molar-refractivity contribution >= 4 is 23.0 Å². The molecule has 1 aliphatic carbocycles. The normalized spacial score (nSPS) is 20.8. The summed E-state index contributed by atoms with van der Waals surface area (Å²) in [6.45, 7) is 2.78. The van der Waals surface area contributed by atoms with Gasteiger partial charge in [0.2, 0.25) is 5.91 Å². The zero-order valence-electron chi connectivity index (χ0n) is 15.0. The third kappa shape index (κ3) is 3.23. The summed E-state index contributed by atoms with van der Waals surface area (Å²) in [5.41, 5.74) is 1.51. The predicted octanol–water partition coefficient (Wildman–Crippen LogP) is 1.90. The van der Waals surface area contributed by atoms with E-state index in [1.165, 1.54) is 5.56 Å². The van der Waals surface area contributed by atoms with Gasteiger partial charge in [0.15, 0.2) is 5.82 Å². The molecule has 2 aliphatic rings. The molecule has 3 aromatic rings. The highest BCUT2D eigenvalue weighted by molar-refractivity contribution is 7.07. The van der Waals surface area contributed by atoms with E-state index in [1.807, 2.05) is 0 Å². The van der Waals surface area contributed by atoms with Crippen molar-refractivity contribution in [1.82, 2.24) is 29.8 Å². The first-order chi connectivity index (χ1) is 13.2. The third-order valence-electron chi connectivity index (χ3n) is 5.85. The Kier molecular flexibility index (Phi) is 4.17. The molecule has 3 aromatic heterocycles. The first-order valence-corrected chi connectivity index (χ1v) is 10.4. The lowest BCUT2D eigenvalue weighted by atomic mass is 9.93. The number of carbonyl (C=O) groups is 1. The Morgan fingerprint density at radius 2 is 2.30 bits per heavy atom. The van der Waals surface area contributed by atoms with Crippen LogP contribution >= 0.6 is 11.3 Å². The Balaban J connectivity index is 1.37. The van der Waals surface area contributed by atoms with Crippen LogP contribution in [-0.4, -0.2) is 49.5 Å². The van der Waals surface area contributed by atoms with E-state index in [1.54, 1.807) is 34.3 Å². The summed E-state index contributed by atoms with van der Waals surface area (Å²) in [5, 5.41) is 12.0. The van der Waals surface area contributed by atoms with Crippen molar-refractivity contribution < 1.29 is 4.79 Å². The molecule has 1 saturated carbocycles. The summed E-state index contributed by atoms with van der Waals surface area (Å²) in [6, 6.07) is 4.25. The zero-order valence-corrected chi connectivity index (χ0v) is 15.9. The molecule has 27 heavy (non-hydrogen) atoms. The van der Waals surface area contributed by atoms with Gasteiger partial charge in [-0.25, -0.2) is 9.50 Å². The number of nitrogens with one attached hydrogen (secondary N) is 1. The number of amides is 1. The van der Waals surface area contributed by atoms with Gasteiger partial charge in [0, 0.05) is 25.0 Å². The van der Waals surface area contributed by atoms with Gasteiger partial charge in [0.25, 0.3) is 5.78 Å². The largest absolute Gasteiger partial charge is 0.334 e. The van der Waals surface area contributed by atoms with Crippen molar-refractivity contribution in [1.29, 1.82) is 0 Å². The van der Waals surface area contributed by atoms with Gasteiger partial charge >= 0.3 is 0 Å². The second-order valence-corrected chi connectivity index (χ2v) is 8.33. The van der Waals surface area contributed by atoms with E-state index < -0.39 is 0 Å². The highest BCUT2D eigenvalue weighted by atomic mass is 32.1. The Labute approximate surface area is 161 Å². The molecule has 4 heterocycles. The van der Waals surface area contributed by atoms with Gasteiger partial charge in [-0.2, -0.15) is 16.3 Å². The number of hydrogen-bond acceptors (Lipinski definition) is 6. The molecule has 1 saturated heterocycles. The minimum atomic E-state index is 0.109. The minimum absolute atomic E-state index is 0.109. The highest BCUT2D eigenvalue weighted by Crippen LogP contribution is 2.56. The van der Waals surface area contributed by atoms with E-state index in [9.17, 15) is 4.79 Å². The molecule has 140 valence electrons. The molecular weight excluding hydrogens is 360 g/mol. The molecule has 1 aliphatic heterocycles. The lowest BCUT2D eigenvalue weighted by Crippen LogP contribution is -2.39. The smallest absolute Gasteiger partial charge is 0.252 e. The second-order valence-electron chi connectivity index (χ2n) is 7.55. The maximum atomic E-state index is 13.2. The van der Waals surface area contributed by atoms with Gasteiger partial charge in [0.1, 0.15) is 0 Å². The van der Waals surface area contributed by atoms with E-state index in [2.05, 4.69) is 42.1 Å². The topological polar surface area (TPSA) is 75.4 Å². The Bertz CT molecular complexity index is 913. The second kappa shape index (κ2) is 6.69. The van der Waals surface area contributed by atoms with Crippen LogP contribution in [0.3, 0.4) is 0 Å². The highest BCUT2D eigenvalue weighted by Gasteiger charge is 2.57. The number of hydrogen-bond donors (Lipinski definition) is 1. The van der Waals surface area contributed by atoms with Crippen molar-refractivity contribution in [2.24, 2.45) is 5.41 Å². The zero-order chi connectivity index (χ0) is 18.3. The molecular formula is C19H22N6OS. The average Bonchev–Trinajstić information content (AvgIpc) is 3.06. The number of carbonyl (C=O) groups excluding carboxylic acids is 1. The van der Waals surface area contributed by atoms with E-state index in [4.69, 9.17) is 0 Å². The van der Waals surface area contributed by atoms with Gasteiger partial charge < -0.3 is 10.2 Å². The summed E-state index contributed by atoms with van der Waals surface area (Å²) in [4.78, 5) is 23.9. The molecule has 0 aromatic carbocycles. The maximum absolute atomic E-state index is 13.2. The molecule has 1 unspecified atom stereocenters. The molecule has 0 radical (unpaired) electrons. The number of aromatic nitrogens is 4.